The molecule has 3 heteroatoms. The fourth-order valence-electron chi connectivity index (χ4n) is 5.67. The fraction of sp³-hybridized carbons (Fsp3) is 0.812. The van der Waals surface area contributed by atoms with Crippen LogP contribution in [0.2, 0.25) is 0 Å². The molecular formula is C16H23NO2. The first kappa shape index (κ1) is 12.1. The lowest BCUT2D eigenvalue weighted by Gasteiger charge is -2.64. The highest BCUT2D eigenvalue weighted by atomic mass is 16.3. The minimum absolute atomic E-state index is 0.0658. The Morgan fingerprint density at radius 1 is 1.32 bits per heavy atom. The highest BCUT2D eigenvalue weighted by Crippen LogP contribution is 2.57. The lowest BCUT2D eigenvalue weighted by atomic mass is 9.50. The van der Waals surface area contributed by atoms with Crippen LogP contribution in [0.25, 0.3) is 0 Å². The monoisotopic (exact) mass is 261 g/mol. The molecule has 2 heterocycles. The Morgan fingerprint density at radius 2 is 2.05 bits per heavy atom. The minimum Gasteiger partial charge on any atom is -0.385 e. The van der Waals surface area contributed by atoms with Crippen LogP contribution in [-0.4, -0.2) is 40.5 Å². The molecule has 2 aliphatic carbocycles. The molecule has 1 spiro atoms. The summed E-state index contributed by atoms with van der Waals surface area (Å²) < 4.78 is 0. The first-order valence-electron chi connectivity index (χ1n) is 7.79. The Bertz CT molecular complexity index is 456. The molecular weight excluding hydrogens is 238 g/mol. The predicted molar refractivity (Wildman–Crippen MR) is 72.6 cm³/mol. The first-order valence-corrected chi connectivity index (χ1v) is 7.79. The van der Waals surface area contributed by atoms with Gasteiger partial charge >= 0.3 is 0 Å². The van der Waals surface area contributed by atoms with E-state index in [1.54, 1.807) is 0 Å². The van der Waals surface area contributed by atoms with Crippen molar-refractivity contribution in [1.29, 1.82) is 0 Å². The average molecular weight is 261 g/mol. The normalized spacial score (nSPS) is 49.6. The molecule has 0 amide bonds. The van der Waals surface area contributed by atoms with Crippen LogP contribution in [0.3, 0.4) is 0 Å². The van der Waals surface area contributed by atoms with Crippen LogP contribution < -0.4 is 0 Å². The third kappa shape index (κ3) is 1.38. The molecule has 0 aromatic rings. The van der Waals surface area contributed by atoms with Crippen molar-refractivity contribution in [1.82, 2.24) is 4.90 Å². The topological polar surface area (TPSA) is 40.5 Å². The van der Waals surface area contributed by atoms with Gasteiger partial charge in [-0.25, -0.2) is 0 Å². The lowest BCUT2D eigenvalue weighted by molar-refractivity contribution is -0.173. The van der Waals surface area contributed by atoms with Gasteiger partial charge in [-0.2, -0.15) is 0 Å². The van der Waals surface area contributed by atoms with E-state index in [-0.39, 0.29) is 23.2 Å². The Kier molecular flexibility index (Phi) is 2.50. The van der Waals surface area contributed by atoms with Gasteiger partial charge in [0.2, 0.25) is 0 Å². The second-order valence-electron chi connectivity index (χ2n) is 7.04. The van der Waals surface area contributed by atoms with E-state index in [2.05, 4.69) is 17.9 Å². The number of carbonyl (C=O) groups is 1. The van der Waals surface area contributed by atoms with E-state index in [0.717, 1.165) is 32.4 Å². The summed E-state index contributed by atoms with van der Waals surface area (Å²) in [6, 6.07) is 0. The highest BCUT2D eigenvalue weighted by molar-refractivity contribution is 5.89. The molecule has 3 nitrogen and oxygen atoms in total. The zero-order valence-corrected chi connectivity index (χ0v) is 11.6. The molecule has 2 saturated heterocycles. The predicted octanol–water partition coefficient (Wildman–Crippen LogP) is 1.76. The van der Waals surface area contributed by atoms with Gasteiger partial charge in [0.05, 0.1) is 0 Å². The fourth-order valence-corrected chi connectivity index (χ4v) is 5.67. The van der Waals surface area contributed by atoms with Crippen molar-refractivity contribution in [3.05, 3.63) is 11.6 Å². The van der Waals surface area contributed by atoms with Gasteiger partial charge in [0.15, 0.2) is 5.78 Å². The number of ketones is 1. The van der Waals surface area contributed by atoms with E-state index in [9.17, 15) is 9.90 Å². The molecule has 5 atom stereocenters. The van der Waals surface area contributed by atoms with Crippen LogP contribution in [0.5, 0.6) is 0 Å². The van der Waals surface area contributed by atoms with E-state index in [1.807, 2.05) is 0 Å². The standard InChI is InChI=1S/C16H23NO2/c1-10-8-11-12-4-2-6-17-7-3-5-13(15(19)14(11)18)16(12,17)9-10/h8,11-14,18H,2-7,9H2,1H3/t11-,12-,13-,14+,16-/m1/s1. The van der Waals surface area contributed by atoms with E-state index in [4.69, 9.17) is 0 Å². The largest absolute Gasteiger partial charge is 0.385 e. The molecule has 4 rings (SSSR count). The van der Waals surface area contributed by atoms with Gasteiger partial charge in [-0.15, -0.1) is 0 Å². The summed E-state index contributed by atoms with van der Waals surface area (Å²) in [7, 11) is 0. The van der Waals surface area contributed by atoms with Crippen molar-refractivity contribution >= 4 is 5.78 Å². The summed E-state index contributed by atoms with van der Waals surface area (Å²) in [6.45, 7) is 4.48. The average Bonchev–Trinajstić information content (AvgIpc) is 2.40. The maximum absolute atomic E-state index is 12.6. The molecule has 0 unspecified atom stereocenters. The third-order valence-electron chi connectivity index (χ3n) is 6.20. The van der Waals surface area contributed by atoms with Crippen LogP contribution in [0.4, 0.5) is 0 Å². The number of aliphatic hydroxyl groups is 1. The maximum Gasteiger partial charge on any atom is 0.166 e. The van der Waals surface area contributed by atoms with Crippen molar-refractivity contribution in [2.75, 3.05) is 13.1 Å². The molecule has 4 aliphatic rings. The second-order valence-corrected chi connectivity index (χ2v) is 7.04. The van der Waals surface area contributed by atoms with Crippen molar-refractivity contribution in [2.45, 2.75) is 50.7 Å². The molecule has 19 heavy (non-hydrogen) atoms. The molecule has 2 bridgehead atoms. The van der Waals surface area contributed by atoms with Gasteiger partial charge in [-0.1, -0.05) is 11.6 Å². The van der Waals surface area contributed by atoms with Crippen LogP contribution in [0.15, 0.2) is 11.6 Å². The molecule has 0 radical (unpaired) electrons. The Labute approximate surface area is 114 Å². The van der Waals surface area contributed by atoms with Gasteiger partial charge in [0, 0.05) is 17.4 Å². The number of nitrogens with zero attached hydrogens (tertiary/aromatic N) is 1. The quantitative estimate of drug-likeness (QED) is 0.675. The first-order chi connectivity index (χ1) is 9.14. The molecule has 2 aliphatic heterocycles. The third-order valence-corrected chi connectivity index (χ3v) is 6.20. The van der Waals surface area contributed by atoms with Gasteiger partial charge in [0.1, 0.15) is 6.10 Å². The Morgan fingerprint density at radius 3 is 2.84 bits per heavy atom. The number of piperidine rings is 2. The number of carbonyl (C=O) groups excluding carboxylic acids is 1. The minimum atomic E-state index is -0.739. The van der Waals surface area contributed by atoms with Gasteiger partial charge in [0.25, 0.3) is 0 Å². The van der Waals surface area contributed by atoms with E-state index in [1.165, 1.54) is 18.4 Å². The van der Waals surface area contributed by atoms with E-state index in [0.29, 0.717) is 5.92 Å². The zero-order valence-electron chi connectivity index (χ0n) is 11.6. The SMILES string of the molecule is CC1=C[C@H]2[C@H](O)C(=O)[C@H]3CCCN4CCC[C@H]2[C@]34C1. The summed E-state index contributed by atoms with van der Waals surface area (Å²) >= 11 is 0. The number of rotatable bonds is 0. The summed E-state index contributed by atoms with van der Waals surface area (Å²) in [4.78, 5) is 15.2. The van der Waals surface area contributed by atoms with E-state index >= 15 is 0 Å². The van der Waals surface area contributed by atoms with Crippen LogP contribution in [0.1, 0.15) is 39.0 Å². The molecule has 0 aromatic heterocycles. The Balaban J connectivity index is 1.89. The Hall–Kier alpha value is -0.670. The summed E-state index contributed by atoms with van der Waals surface area (Å²) in [5, 5.41) is 10.4. The highest BCUT2D eigenvalue weighted by Gasteiger charge is 2.63. The summed E-state index contributed by atoms with van der Waals surface area (Å²) in [5.41, 5.74) is 1.45. The molecule has 1 N–H and O–H groups in total. The van der Waals surface area contributed by atoms with Crippen LogP contribution in [-0.2, 0) is 4.79 Å². The summed E-state index contributed by atoms with van der Waals surface area (Å²) in [5.74, 6) is 0.805. The van der Waals surface area contributed by atoms with Crippen LogP contribution >= 0.6 is 0 Å². The lowest BCUT2D eigenvalue weighted by Crippen LogP contribution is -2.72. The smallest absolute Gasteiger partial charge is 0.166 e. The number of Topliss-reactive ketones (excluding diaryl/α,β-unsaturated/α-hetero) is 1. The van der Waals surface area contributed by atoms with Gasteiger partial charge in [-0.05, 0) is 58.0 Å². The van der Waals surface area contributed by atoms with E-state index < -0.39 is 6.10 Å². The van der Waals surface area contributed by atoms with Crippen molar-refractivity contribution in [3.8, 4) is 0 Å². The van der Waals surface area contributed by atoms with Gasteiger partial charge < -0.3 is 5.11 Å². The number of hydrogen-bond acceptors (Lipinski definition) is 3. The molecule has 0 aromatic carbocycles. The summed E-state index contributed by atoms with van der Waals surface area (Å²) in [6.07, 6.45) is 7.03. The van der Waals surface area contributed by atoms with Gasteiger partial charge in [-0.3, -0.25) is 9.69 Å². The number of aliphatic hydroxyl groups excluding tert-OH is 1. The van der Waals surface area contributed by atoms with Crippen molar-refractivity contribution in [3.63, 3.8) is 0 Å². The van der Waals surface area contributed by atoms with Crippen LogP contribution in [0, 0.1) is 17.8 Å². The second kappa shape index (κ2) is 3.92. The number of hydrogen-bond donors (Lipinski definition) is 1. The molecule has 3 fully saturated rings. The molecule has 104 valence electrons. The maximum atomic E-state index is 12.6. The zero-order chi connectivity index (χ0) is 13.2. The van der Waals surface area contributed by atoms with Crippen molar-refractivity contribution < 1.29 is 9.90 Å². The molecule has 1 saturated carbocycles. The van der Waals surface area contributed by atoms with Crippen molar-refractivity contribution in [2.24, 2.45) is 17.8 Å².